The lowest BCUT2D eigenvalue weighted by Gasteiger charge is -2.37. The molecule has 0 amide bonds. The molecule has 2 nitrogen and oxygen atoms in total. The zero-order chi connectivity index (χ0) is 9.19. The summed E-state index contributed by atoms with van der Waals surface area (Å²) in [6.45, 7) is 9.78. The van der Waals surface area contributed by atoms with Crippen molar-refractivity contribution in [2.45, 2.75) is 58.3 Å². The highest BCUT2D eigenvalue weighted by molar-refractivity contribution is 4.86. The van der Waals surface area contributed by atoms with Crippen molar-refractivity contribution in [1.82, 2.24) is 5.32 Å². The van der Waals surface area contributed by atoms with Crippen LogP contribution >= 0.6 is 0 Å². The van der Waals surface area contributed by atoms with Crippen LogP contribution in [0, 0.1) is 0 Å². The highest BCUT2D eigenvalue weighted by Crippen LogP contribution is 2.21. The maximum Gasteiger partial charge on any atom is 0.0608 e. The summed E-state index contributed by atoms with van der Waals surface area (Å²) >= 11 is 0. The summed E-state index contributed by atoms with van der Waals surface area (Å²) in [5.74, 6) is 0. The van der Waals surface area contributed by atoms with Crippen LogP contribution in [-0.2, 0) is 4.74 Å². The van der Waals surface area contributed by atoms with Crippen molar-refractivity contribution in [3.05, 3.63) is 0 Å². The molecule has 1 rings (SSSR count). The average molecular weight is 171 g/mol. The van der Waals surface area contributed by atoms with Gasteiger partial charge in [0.1, 0.15) is 0 Å². The third-order valence-electron chi connectivity index (χ3n) is 2.27. The first-order valence-corrected chi connectivity index (χ1v) is 4.90. The average Bonchev–Trinajstić information content (AvgIpc) is 1.82. The van der Waals surface area contributed by atoms with Gasteiger partial charge in [0, 0.05) is 5.54 Å². The second-order valence-corrected chi connectivity index (χ2v) is 4.61. The van der Waals surface area contributed by atoms with Crippen LogP contribution in [-0.4, -0.2) is 24.3 Å². The number of rotatable bonds is 2. The van der Waals surface area contributed by atoms with Crippen molar-refractivity contribution < 1.29 is 4.74 Å². The zero-order valence-electron chi connectivity index (χ0n) is 8.68. The summed E-state index contributed by atoms with van der Waals surface area (Å²) in [4.78, 5) is 0. The molecule has 72 valence electrons. The topological polar surface area (TPSA) is 21.3 Å². The minimum Gasteiger partial charge on any atom is -0.375 e. The molecule has 0 bridgehead atoms. The molecule has 1 atom stereocenters. The van der Waals surface area contributed by atoms with E-state index in [1.807, 2.05) is 0 Å². The van der Waals surface area contributed by atoms with Crippen LogP contribution in [0.4, 0.5) is 0 Å². The molecule has 0 spiro atoms. The van der Waals surface area contributed by atoms with E-state index in [1.54, 1.807) is 0 Å². The Morgan fingerprint density at radius 3 is 2.58 bits per heavy atom. The molecule has 1 aliphatic rings. The van der Waals surface area contributed by atoms with E-state index in [0.717, 1.165) is 19.4 Å². The number of nitrogens with one attached hydrogen (secondary N) is 1. The molecule has 0 aromatic carbocycles. The molecule has 2 heteroatoms. The standard InChI is InChI=1S/C10H21NO/c1-8(2)12-9-5-6-11-10(3,4)7-9/h8-9,11H,5-7H2,1-4H3. The largest absolute Gasteiger partial charge is 0.375 e. The Morgan fingerprint density at radius 2 is 2.08 bits per heavy atom. The van der Waals surface area contributed by atoms with E-state index < -0.39 is 0 Å². The molecule has 0 aromatic rings. The normalized spacial score (nSPS) is 29.2. The van der Waals surface area contributed by atoms with Crippen LogP contribution in [0.25, 0.3) is 0 Å². The van der Waals surface area contributed by atoms with E-state index in [0.29, 0.717) is 12.2 Å². The Kier molecular flexibility index (Phi) is 3.13. The highest BCUT2D eigenvalue weighted by atomic mass is 16.5. The van der Waals surface area contributed by atoms with Crippen molar-refractivity contribution in [3.63, 3.8) is 0 Å². The first kappa shape index (κ1) is 10.0. The molecule has 0 radical (unpaired) electrons. The van der Waals surface area contributed by atoms with Gasteiger partial charge in [0.25, 0.3) is 0 Å². The van der Waals surface area contributed by atoms with Gasteiger partial charge in [0.2, 0.25) is 0 Å². The Balaban J connectivity index is 2.36. The van der Waals surface area contributed by atoms with Crippen molar-refractivity contribution >= 4 is 0 Å². The van der Waals surface area contributed by atoms with Crippen molar-refractivity contribution in [2.24, 2.45) is 0 Å². The number of hydrogen-bond acceptors (Lipinski definition) is 2. The minimum atomic E-state index is 0.262. The fraction of sp³-hybridized carbons (Fsp3) is 1.00. The fourth-order valence-corrected chi connectivity index (χ4v) is 1.82. The highest BCUT2D eigenvalue weighted by Gasteiger charge is 2.28. The lowest BCUT2D eigenvalue weighted by Crippen LogP contribution is -2.49. The SMILES string of the molecule is CC(C)OC1CCNC(C)(C)C1. The summed E-state index contributed by atoms with van der Waals surface area (Å²) in [7, 11) is 0. The van der Waals surface area contributed by atoms with Crippen LogP contribution in [0.15, 0.2) is 0 Å². The quantitative estimate of drug-likeness (QED) is 0.685. The molecule has 1 saturated heterocycles. The van der Waals surface area contributed by atoms with Gasteiger partial charge in [-0.2, -0.15) is 0 Å². The summed E-state index contributed by atoms with van der Waals surface area (Å²) in [5.41, 5.74) is 0.262. The molecule has 12 heavy (non-hydrogen) atoms. The van der Waals surface area contributed by atoms with Crippen LogP contribution in [0.1, 0.15) is 40.5 Å². The molecular weight excluding hydrogens is 150 g/mol. The Hall–Kier alpha value is -0.0800. The second-order valence-electron chi connectivity index (χ2n) is 4.61. The van der Waals surface area contributed by atoms with Gasteiger partial charge in [-0.1, -0.05) is 0 Å². The number of piperidine rings is 1. The first-order chi connectivity index (χ1) is 5.49. The lowest BCUT2D eigenvalue weighted by molar-refractivity contribution is -0.0267. The smallest absolute Gasteiger partial charge is 0.0608 e. The third kappa shape index (κ3) is 3.11. The molecule has 1 fully saturated rings. The van der Waals surface area contributed by atoms with Crippen LogP contribution in [0.5, 0.6) is 0 Å². The Bertz CT molecular complexity index is 143. The van der Waals surface area contributed by atoms with Gasteiger partial charge in [0.15, 0.2) is 0 Å². The van der Waals surface area contributed by atoms with Gasteiger partial charge in [-0.05, 0) is 47.1 Å². The monoisotopic (exact) mass is 171 g/mol. The predicted octanol–water partition coefficient (Wildman–Crippen LogP) is 1.94. The second kappa shape index (κ2) is 3.75. The molecule has 1 unspecified atom stereocenters. The van der Waals surface area contributed by atoms with E-state index in [4.69, 9.17) is 4.74 Å². The van der Waals surface area contributed by atoms with Gasteiger partial charge in [-0.15, -0.1) is 0 Å². The van der Waals surface area contributed by atoms with Crippen molar-refractivity contribution in [3.8, 4) is 0 Å². The van der Waals surface area contributed by atoms with Gasteiger partial charge in [0.05, 0.1) is 12.2 Å². The summed E-state index contributed by atoms with van der Waals surface area (Å²) in [5, 5.41) is 3.48. The molecule has 1 aliphatic heterocycles. The maximum absolute atomic E-state index is 5.79. The zero-order valence-corrected chi connectivity index (χ0v) is 8.68. The fourth-order valence-electron chi connectivity index (χ4n) is 1.82. The lowest BCUT2D eigenvalue weighted by atomic mass is 9.91. The van der Waals surface area contributed by atoms with Crippen molar-refractivity contribution in [1.29, 1.82) is 0 Å². The molecule has 1 heterocycles. The summed E-state index contributed by atoms with van der Waals surface area (Å²) in [6.07, 6.45) is 3.11. The van der Waals surface area contributed by atoms with Gasteiger partial charge >= 0.3 is 0 Å². The van der Waals surface area contributed by atoms with Crippen LogP contribution in [0.2, 0.25) is 0 Å². The van der Waals surface area contributed by atoms with Crippen LogP contribution in [0.3, 0.4) is 0 Å². The third-order valence-corrected chi connectivity index (χ3v) is 2.27. The predicted molar refractivity (Wildman–Crippen MR) is 51.3 cm³/mol. The van der Waals surface area contributed by atoms with E-state index in [-0.39, 0.29) is 5.54 Å². The van der Waals surface area contributed by atoms with Crippen LogP contribution < -0.4 is 5.32 Å². The molecule has 0 aromatic heterocycles. The number of ether oxygens (including phenoxy) is 1. The summed E-state index contributed by atoms with van der Waals surface area (Å²) < 4.78 is 5.79. The Morgan fingerprint density at radius 1 is 1.42 bits per heavy atom. The van der Waals surface area contributed by atoms with E-state index >= 15 is 0 Å². The van der Waals surface area contributed by atoms with Crippen molar-refractivity contribution in [2.75, 3.05) is 6.54 Å². The molecule has 0 saturated carbocycles. The molecule has 0 aliphatic carbocycles. The maximum atomic E-state index is 5.79. The number of hydrogen-bond donors (Lipinski definition) is 1. The molecular formula is C10H21NO. The minimum absolute atomic E-state index is 0.262. The van der Waals surface area contributed by atoms with Gasteiger partial charge in [-0.3, -0.25) is 0 Å². The van der Waals surface area contributed by atoms with E-state index in [9.17, 15) is 0 Å². The Labute approximate surface area is 75.7 Å². The first-order valence-electron chi connectivity index (χ1n) is 4.90. The van der Waals surface area contributed by atoms with Gasteiger partial charge in [-0.25, -0.2) is 0 Å². The molecule has 1 N–H and O–H groups in total. The van der Waals surface area contributed by atoms with E-state index in [1.165, 1.54) is 0 Å². The summed E-state index contributed by atoms with van der Waals surface area (Å²) in [6, 6.07) is 0. The van der Waals surface area contributed by atoms with E-state index in [2.05, 4.69) is 33.0 Å². The van der Waals surface area contributed by atoms with Gasteiger partial charge < -0.3 is 10.1 Å².